The first-order valence-electron chi connectivity index (χ1n) is 7.48. The molecule has 1 aliphatic rings. The van der Waals surface area contributed by atoms with Crippen LogP contribution in [-0.2, 0) is 0 Å². The predicted molar refractivity (Wildman–Crippen MR) is 86.4 cm³/mol. The van der Waals surface area contributed by atoms with Crippen LogP contribution in [0.25, 0.3) is 0 Å². The Labute approximate surface area is 135 Å². The highest BCUT2D eigenvalue weighted by Gasteiger charge is 2.21. The van der Waals surface area contributed by atoms with Gasteiger partial charge in [-0.2, -0.15) is 0 Å². The van der Waals surface area contributed by atoms with E-state index in [1.54, 1.807) is 18.6 Å². The van der Waals surface area contributed by atoms with Gasteiger partial charge in [-0.05, 0) is 31.7 Å². The van der Waals surface area contributed by atoms with E-state index in [4.69, 9.17) is 16.3 Å². The Hall–Kier alpha value is -1.88. The van der Waals surface area contributed by atoms with Crippen molar-refractivity contribution in [2.75, 3.05) is 24.6 Å². The van der Waals surface area contributed by atoms with E-state index in [0.29, 0.717) is 10.9 Å². The Bertz CT molecular complexity index is 612. The van der Waals surface area contributed by atoms with Gasteiger partial charge in [0.2, 0.25) is 5.95 Å². The number of aromatic nitrogens is 3. The number of hydrogen-bond donors (Lipinski definition) is 0. The molecule has 0 saturated carbocycles. The molecule has 1 fully saturated rings. The first-order chi connectivity index (χ1) is 10.7. The van der Waals surface area contributed by atoms with Crippen LogP contribution in [0.5, 0.6) is 5.75 Å². The van der Waals surface area contributed by atoms with E-state index >= 15 is 0 Å². The third-order valence-corrected chi connectivity index (χ3v) is 4.14. The molecule has 6 heteroatoms. The van der Waals surface area contributed by atoms with Crippen LogP contribution in [0, 0.1) is 12.8 Å². The van der Waals surface area contributed by atoms with Gasteiger partial charge in [-0.15, -0.1) is 0 Å². The van der Waals surface area contributed by atoms with Crippen molar-refractivity contribution in [3.05, 3.63) is 41.4 Å². The summed E-state index contributed by atoms with van der Waals surface area (Å²) in [5.74, 6) is 2.25. The molecule has 2 aromatic heterocycles. The number of rotatable bonds is 4. The van der Waals surface area contributed by atoms with E-state index in [1.165, 1.54) is 0 Å². The molecular formula is C16H19ClN4O. The van der Waals surface area contributed by atoms with E-state index in [-0.39, 0.29) is 0 Å². The minimum Gasteiger partial charge on any atom is -0.493 e. The summed E-state index contributed by atoms with van der Waals surface area (Å²) in [6, 6.07) is 1.92. The highest BCUT2D eigenvalue weighted by molar-refractivity contribution is 6.30. The van der Waals surface area contributed by atoms with Crippen molar-refractivity contribution in [3.63, 3.8) is 0 Å². The standard InChI is InChI=1S/C16H19ClN4O/c1-12-8-18-5-2-15(12)22-11-13-3-6-21(7-4-13)16-19-9-14(17)10-20-16/h2,5,8-10,13H,3-4,6-7,11H2,1H3. The molecule has 22 heavy (non-hydrogen) atoms. The van der Waals surface area contributed by atoms with Crippen molar-refractivity contribution in [3.8, 4) is 5.75 Å². The second-order valence-corrected chi connectivity index (χ2v) is 6.02. The van der Waals surface area contributed by atoms with Gasteiger partial charge < -0.3 is 9.64 Å². The number of hydrogen-bond acceptors (Lipinski definition) is 5. The van der Waals surface area contributed by atoms with Crippen LogP contribution in [0.3, 0.4) is 0 Å². The molecule has 116 valence electrons. The third-order valence-electron chi connectivity index (χ3n) is 3.95. The summed E-state index contributed by atoms with van der Waals surface area (Å²) >= 11 is 5.82. The average molecular weight is 319 g/mol. The topological polar surface area (TPSA) is 51.1 Å². The molecule has 0 atom stereocenters. The van der Waals surface area contributed by atoms with Gasteiger partial charge in [0.25, 0.3) is 0 Å². The smallest absolute Gasteiger partial charge is 0.225 e. The van der Waals surface area contributed by atoms with Gasteiger partial charge in [-0.3, -0.25) is 4.98 Å². The van der Waals surface area contributed by atoms with Gasteiger partial charge in [0.05, 0.1) is 24.0 Å². The van der Waals surface area contributed by atoms with E-state index in [2.05, 4.69) is 19.9 Å². The molecule has 1 saturated heterocycles. The maximum absolute atomic E-state index is 5.93. The van der Waals surface area contributed by atoms with Crippen molar-refractivity contribution in [2.45, 2.75) is 19.8 Å². The fourth-order valence-corrected chi connectivity index (χ4v) is 2.70. The van der Waals surface area contributed by atoms with E-state index < -0.39 is 0 Å². The minimum atomic E-state index is 0.566. The Morgan fingerprint density at radius 1 is 1.23 bits per heavy atom. The Morgan fingerprint density at radius 3 is 2.64 bits per heavy atom. The minimum absolute atomic E-state index is 0.566. The molecule has 2 aromatic rings. The number of halogens is 1. The summed E-state index contributed by atoms with van der Waals surface area (Å²) in [6.45, 7) is 4.67. The normalized spacial score (nSPS) is 15.8. The molecule has 0 aliphatic carbocycles. The molecule has 0 amide bonds. The lowest BCUT2D eigenvalue weighted by Gasteiger charge is -2.31. The molecule has 0 N–H and O–H groups in total. The first-order valence-corrected chi connectivity index (χ1v) is 7.86. The van der Waals surface area contributed by atoms with Gasteiger partial charge in [0, 0.05) is 31.0 Å². The second kappa shape index (κ2) is 6.92. The number of aryl methyl sites for hydroxylation is 1. The Balaban J connectivity index is 1.49. The van der Waals surface area contributed by atoms with Crippen molar-refractivity contribution in [1.29, 1.82) is 0 Å². The largest absolute Gasteiger partial charge is 0.493 e. The molecule has 1 aliphatic heterocycles. The monoisotopic (exact) mass is 318 g/mol. The number of nitrogens with zero attached hydrogens (tertiary/aromatic N) is 4. The lowest BCUT2D eigenvalue weighted by atomic mass is 9.98. The van der Waals surface area contributed by atoms with Crippen LogP contribution < -0.4 is 9.64 Å². The number of piperidine rings is 1. The molecular weight excluding hydrogens is 300 g/mol. The maximum atomic E-state index is 5.93. The lowest BCUT2D eigenvalue weighted by molar-refractivity contribution is 0.221. The van der Waals surface area contributed by atoms with Gasteiger partial charge in [0.1, 0.15) is 5.75 Å². The highest BCUT2D eigenvalue weighted by Crippen LogP contribution is 2.23. The molecule has 0 spiro atoms. The summed E-state index contributed by atoms with van der Waals surface area (Å²) < 4.78 is 5.93. The SMILES string of the molecule is Cc1cnccc1OCC1CCN(c2ncc(Cl)cn2)CC1. The Kier molecular flexibility index (Phi) is 4.73. The molecule has 0 bridgehead atoms. The number of ether oxygens (including phenoxy) is 1. The predicted octanol–water partition coefficient (Wildman–Crippen LogP) is 3.13. The molecule has 0 radical (unpaired) electrons. The highest BCUT2D eigenvalue weighted by atomic mass is 35.5. The number of anilines is 1. The Morgan fingerprint density at radius 2 is 1.95 bits per heavy atom. The third kappa shape index (κ3) is 3.65. The van der Waals surface area contributed by atoms with Crippen molar-refractivity contribution < 1.29 is 4.74 Å². The van der Waals surface area contributed by atoms with Crippen LogP contribution in [-0.4, -0.2) is 34.6 Å². The summed E-state index contributed by atoms with van der Waals surface area (Å²) in [4.78, 5) is 14.8. The first kappa shape index (κ1) is 15.0. The zero-order chi connectivity index (χ0) is 15.4. The molecule has 3 rings (SSSR count). The zero-order valence-corrected chi connectivity index (χ0v) is 13.3. The summed E-state index contributed by atoms with van der Waals surface area (Å²) in [7, 11) is 0. The van der Waals surface area contributed by atoms with Gasteiger partial charge >= 0.3 is 0 Å². The van der Waals surface area contributed by atoms with Crippen LogP contribution >= 0.6 is 11.6 Å². The fraction of sp³-hybridized carbons (Fsp3) is 0.438. The van der Waals surface area contributed by atoms with Gasteiger partial charge in [-0.25, -0.2) is 9.97 Å². The quantitative estimate of drug-likeness (QED) is 0.867. The van der Waals surface area contributed by atoms with Crippen LogP contribution in [0.2, 0.25) is 5.02 Å². The van der Waals surface area contributed by atoms with Crippen LogP contribution in [0.4, 0.5) is 5.95 Å². The van der Waals surface area contributed by atoms with E-state index in [1.807, 2.05) is 19.2 Å². The zero-order valence-electron chi connectivity index (χ0n) is 12.6. The van der Waals surface area contributed by atoms with Crippen LogP contribution in [0.15, 0.2) is 30.9 Å². The van der Waals surface area contributed by atoms with Crippen molar-refractivity contribution in [1.82, 2.24) is 15.0 Å². The fourth-order valence-electron chi connectivity index (χ4n) is 2.60. The van der Waals surface area contributed by atoms with Crippen molar-refractivity contribution in [2.24, 2.45) is 5.92 Å². The molecule has 0 aromatic carbocycles. The summed E-state index contributed by atoms with van der Waals surface area (Å²) in [5.41, 5.74) is 1.08. The second-order valence-electron chi connectivity index (χ2n) is 5.58. The maximum Gasteiger partial charge on any atom is 0.225 e. The molecule has 0 unspecified atom stereocenters. The van der Waals surface area contributed by atoms with Gasteiger partial charge in [-0.1, -0.05) is 11.6 Å². The van der Waals surface area contributed by atoms with Crippen molar-refractivity contribution >= 4 is 17.5 Å². The lowest BCUT2D eigenvalue weighted by Crippen LogP contribution is -2.36. The van der Waals surface area contributed by atoms with E-state index in [9.17, 15) is 0 Å². The van der Waals surface area contributed by atoms with Crippen LogP contribution in [0.1, 0.15) is 18.4 Å². The molecule has 3 heterocycles. The average Bonchev–Trinajstić information content (AvgIpc) is 2.55. The molecule has 5 nitrogen and oxygen atoms in total. The van der Waals surface area contributed by atoms with Gasteiger partial charge in [0.15, 0.2) is 0 Å². The van der Waals surface area contributed by atoms with E-state index in [0.717, 1.165) is 49.8 Å². The summed E-state index contributed by atoms with van der Waals surface area (Å²) in [5, 5.41) is 0.569. The summed E-state index contributed by atoms with van der Waals surface area (Å²) in [6.07, 6.45) is 9.04. The number of pyridine rings is 1.